The number of ether oxygens (including phenoxy) is 4. The van der Waals surface area contributed by atoms with Crippen LogP contribution in [0.4, 0.5) is 5.82 Å². The summed E-state index contributed by atoms with van der Waals surface area (Å²) in [6, 6.07) is 0. The molecule has 7 nitrogen and oxygen atoms in total. The molecule has 0 aromatic carbocycles. The van der Waals surface area contributed by atoms with Gasteiger partial charge in [0, 0.05) is 0 Å². The Bertz CT molecular complexity index is 724. The van der Waals surface area contributed by atoms with Crippen molar-refractivity contribution in [3.8, 4) is 0 Å². The van der Waals surface area contributed by atoms with Gasteiger partial charge in [-0.25, -0.2) is 4.57 Å². The van der Waals surface area contributed by atoms with E-state index in [1.165, 1.54) is 0 Å². The Morgan fingerprint density at radius 3 is 2.76 bits per heavy atom. The van der Waals surface area contributed by atoms with Crippen LogP contribution in [0.2, 0.25) is 0 Å². The van der Waals surface area contributed by atoms with E-state index in [2.05, 4.69) is 35.6 Å². The van der Waals surface area contributed by atoms with Gasteiger partial charge in [-0.1, -0.05) is 0 Å². The second-order valence-corrected chi connectivity index (χ2v) is 8.77. The molecule has 1 aromatic rings. The molecule has 1 N–H and O–H groups in total. The lowest BCUT2D eigenvalue weighted by Gasteiger charge is -2.53. The highest BCUT2D eigenvalue weighted by molar-refractivity contribution is 5.36. The van der Waals surface area contributed by atoms with Crippen molar-refractivity contribution in [2.24, 2.45) is 5.92 Å². The smallest absolute Gasteiger partial charge is 0.294 e. The summed E-state index contributed by atoms with van der Waals surface area (Å²) in [4.78, 5) is 4.29. The van der Waals surface area contributed by atoms with Gasteiger partial charge in [-0.2, -0.15) is 0 Å². The molecule has 4 aliphatic heterocycles. The largest absolute Gasteiger partial charge is 0.372 e. The zero-order chi connectivity index (χ0) is 17.6. The highest BCUT2D eigenvalue weighted by Crippen LogP contribution is 2.50. The van der Waals surface area contributed by atoms with E-state index in [-0.39, 0.29) is 41.6 Å². The van der Waals surface area contributed by atoms with Crippen LogP contribution in [-0.4, -0.2) is 47.5 Å². The summed E-state index contributed by atoms with van der Waals surface area (Å²) in [6.07, 6.45) is 4.86. The second kappa shape index (κ2) is 4.71. The lowest BCUT2D eigenvalue weighted by molar-refractivity contribution is -0.762. The van der Waals surface area contributed by atoms with Gasteiger partial charge >= 0.3 is 0 Å². The molecule has 5 rings (SSSR count). The van der Waals surface area contributed by atoms with Gasteiger partial charge in [-0.3, -0.25) is 10.3 Å². The van der Waals surface area contributed by atoms with Crippen molar-refractivity contribution < 1.29 is 23.5 Å². The van der Waals surface area contributed by atoms with Crippen LogP contribution in [0.15, 0.2) is 18.6 Å². The average Bonchev–Trinajstić information content (AvgIpc) is 3.00. The lowest BCUT2D eigenvalue weighted by Crippen LogP contribution is -2.76. The van der Waals surface area contributed by atoms with Crippen molar-refractivity contribution in [2.45, 2.75) is 76.1 Å². The molecule has 6 atom stereocenters. The topological polar surface area (TPSA) is 65.7 Å². The van der Waals surface area contributed by atoms with Crippen LogP contribution in [-0.2, 0) is 24.5 Å². The van der Waals surface area contributed by atoms with Gasteiger partial charge in [0.1, 0.15) is 41.8 Å². The number of aromatic nitrogens is 2. The SMILES string of the molecule is CC1(C)O[C@H]2O[C@H]3[C@H](OC[C@H]4C(C)(C)[n+]5ccncc5N[C@]34C)[C@H]2O1. The Morgan fingerprint density at radius 1 is 1.16 bits per heavy atom. The van der Waals surface area contributed by atoms with Crippen LogP contribution >= 0.6 is 0 Å². The molecule has 3 fully saturated rings. The van der Waals surface area contributed by atoms with Crippen molar-refractivity contribution in [1.82, 2.24) is 4.98 Å². The van der Waals surface area contributed by atoms with Gasteiger partial charge < -0.3 is 18.9 Å². The predicted molar refractivity (Wildman–Crippen MR) is 87.7 cm³/mol. The molecule has 0 spiro atoms. The van der Waals surface area contributed by atoms with E-state index >= 15 is 0 Å². The van der Waals surface area contributed by atoms with Crippen LogP contribution < -0.4 is 9.88 Å². The fourth-order valence-electron chi connectivity index (χ4n) is 5.22. The minimum Gasteiger partial charge on any atom is -0.372 e. The van der Waals surface area contributed by atoms with Crippen molar-refractivity contribution in [2.75, 3.05) is 11.9 Å². The molecule has 0 unspecified atom stereocenters. The fraction of sp³-hybridized carbons (Fsp3) is 0.778. The number of anilines is 1. The van der Waals surface area contributed by atoms with Gasteiger partial charge in [0.25, 0.3) is 5.82 Å². The standard InChI is InChI=1S/C18H25N3O4/c1-16(2)10-9-22-12-13-15(25-17(3,4)24-13)23-14(12)18(10,5)20-11-8-19-6-7-21(11)16/h6-8,10,12-15H,9H2,1-5H3/p+1/t10-,12+,13+,14-,15+,18-/m0/s1. The van der Waals surface area contributed by atoms with Crippen molar-refractivity contribution >= 4 is 5.82 Å². The van der Waals surface area contributed by atoms with Gasteiger partial charge in [-0.05, 0) is 34.6 Å². The molecule has 1 aromatic heterocycles. The van der Waals surface area contributed by atoms with Crippen molar-refractivity contribution in [3.05, 3.63) is 18.6 Å². The zero-order valence-corrected chi connectivity index (χ0v) is 15.4. The molecule has 5 heterocycles. The van der Waals surface area contributed by atoms with Crippen LogP contribution in [0.3, 0.4) is 0 Å². The molecule has 25 heavy (non-hydrogen) atoms. The van der Waals surface area contributed by atoms with Crippen LogP contribution in [0.1, 0.15) is 34.6 Å². The zero-order valence-electron chi connectivity index (χ0n) is 15.4. The number of rotatable bonds is 0. The third-order valence-electron chi connectivity index (χ3n) is 6.39. The third kappa shape index (κ3) is 2.01. The van der Waals surface area contributed by atoms with E-state index in [0.717, 1.165) is 5.82 Å². The molecule has 3 saturated heterocycles. The van der Waals surface area contributed by atoms with Gasteiger partial charge in [0.05, 0.1) is 18.7 Å². The molecule has 0 radical (unpaired) electrons. The molecule has 4 aliphatic rings. The Labute approximate surface area is 147 Å². The molecule has 7 heteroatoms. The summed E-state index contributed by atoms with van der Waals surface area (Å²) >= 11 is 0. The summed E-state index contributed by atoms with van der Waals surface area (Å²) in [5, 5.41) is 3.70. The second-order valence-electron chi connectivity index (χ2n) is 8.77. The maximum atomic E-state index is 6.34. The number of fused-ring (bicyclic) bond motifs is 6. The molecule has 136 valence electrons. The highest BCUT2D eigenvalue weighted by atomic mass is 16.8. The van der Waals surface area contributed by atoms with E-state index in [9.17, 15) is 0 Å². The van der Waals surface area contributed by atoms with Crippen LogP contribution in [0.25, 0.3) is 0 Å². The monoisotopic (exact) mass is 348 g/mol. The Hall–Kier alpha value is -1.28. The first-order valence-corrected chi connectivity index (χ1v) is 8.99. The van der Waals surface area contributed by atoms with Crippen LogP contribution in [0, 0.1) is 5.92 Å². The number of nitrogens with one attached hydrogen (secondary N) is 1. The Kier molecular flexibility index (Phi) is 3.00. The van der Waals surface area contributed by atoms with E-state index in [0.29, 0.717) is 6.61 Å². The summed E-state index contributed by atoms with van der Waals surface area (Å²) in [5.41, 5.74) is -0.429. The van der Waals surface area contributed by atoms with E-state index in [4.69, 9.17) is 18.9 Å². The fourth-order valence-corrected chi connectivity index (χ4v) is 5.22. The van der Waals surface area contributed by atoms with Crippen LogP contribution in [0.5, 0.6) is 0 Å². The third-order valence-corrected chi connectivity index (χ3v) is 6.39. The predicted octanol–water partition coefficient (Wildman–Crippen LogP) is 1.18. The molecule has 0 bridgehead atoms. The molecule has 0 saturated carbocycles. The minimum atomic E-state index is -0.632. The molecule has 0 amide bonds. The van der Waals surface area contributed by atoms with E-state index in [1.807, 2.05) is 32.4 Å². The van der Waals surface area contributed by atoms with Gasteiger partial charge in [-0.15, -0.1) is 0 Å². The summed E-state index contributed by atoms with van der Waals surface area (Å²) < 4.78 is 26.9. The lowest BCUT2D eigenvalue weighted by atomic mass is 9.66. The minimum absolute atomic E-state index is 0.134. The molecular weight excluding hydrogens is 322 g/mol. The number of hydrogen-bond acceptors (Lipinski definition) is 6. The van der Waals surface area contributed by atoms with E-state index < -0.39 is 5.79 Å². The van der Waals surface area contributed by atoms with Gasteiger partial charge in [0.15, 0.2) is 12.1 Å². The normalized spacial score (nSPS) is 45.7. The highest BCUT2D eigenvalue weighted by Gasteiger charge is 2.69. The summed E-state index contributed by atoms with van der Waals surface area (Å²) in [5.74, 6) is 0.593. The van der Waals surface area contributed by atoms with Crippen molar-refractivity contribution in [3.63, 3.8) is 0 Å². The quantitative estimate of drug-likeness (QED) is 0.711. The first-order chi connectivity index (χ1) is 11.7. The first kappa shape index (κ1) is 15.9. The number of hydrogen-bond donors (Lipinski definition) is 1. The maximum absolute atomic E-state index is 6.34. The molecular formula is C18H26N3O4+. The maximum Gasteiger partial charge on any atom is 0.294 e. The van der Waals surface area contributed by atoms with E-state index in [1.54, 1.807) is 0 Å². The number of nitrogens with zero attached hydrogens (tertiary/aromatic N) is 2. The Balaban J connectivity index is 1.54. The molecule has 0 aliphatic carbocycles. The van der Waals surface area contributed by atoms with Crippen molar-refractivity contribution in [1.29, 1.82) is 0 Å². The first-order valence-electron chi connectivity index (χ1n) is 8.99. The summed E-state index contributed by atoms with van der Waals surface area (Å²) in [6.45, 7) is 11.2. The Morgan fingerprint density at radius 2 is 1.96 bits per heavy atom. The summed E-state index contributed by atoms with van der Waals surface area (Å²) in [7, 11) is 0. The van der Waals surface area contributed by atoms with Gasteiger partial charge in [0.2, 0.25) is 0 Å². The average molecular weight is 348 g/mol.